The Hall–Kier alpha value is -3.58. The molecular formula is C24H19BrN2O4. The van der Waals surface area contributed by atoms with Crippen LogP contribution in [0.4, 0.5) is 11.4 Å². The van der Waals surface area contributed by atoms with Gasteiger partial charge in [0, 0.05) is 16.4 Å². The summed E-state index contributed by atoms with van der Waals surface area (Å²) in [5, 5.41) is 6.70. The fourth-order valence-corrected chi connectivity index (χ4v) is 3.63. The van der Waals surface area contributed by atoms with E-state index in [9.17, 15) is 9.59 Å². The van der Waals surface area contributed by atoms with E-state index in [1.54, 1.807) is 30.3 Å². The van der Waals surface area contributed by atoms with E-state index in [-0.39, 0.29) is 5.69 Å². The van der Waals surface area contributed by atoms with Crippen molar-refractivity contribution in [3.8, 4) is 5.75 Å². The van der Waals surface area contributed by atoms with Crippen LogP contribution in [-0.2, 0) is 6.54 Å². The lowest BCUT2D eigenvalue weighted by Gasteiger charge is -2.15. The second-order valence-corrected chi connectivity index (χ2v) is 7.69. The zero-order chi connectivity index (χ0) is 21.8. The molecule has 4 rings (SSSR count). The number of methoxy groups -OCH3 is 1. The first-order valence-corrected chi connectivity index (χ1v) is 10.3. The highest BCUT2D eigenvalue weighted by molar-refractivity contribution is 9.10. The summed E-state index contributed by atoms with van der Waals surface area (Å²) in [5.41, 5.74) is 1.65. The highest BCUT2D eigenvalue weighted by Crippen LogP contribution is 2.30. The Labute approximate surface area is 187 Å². The Balaban J connectivity index is 1.76. The van der Waals surface area contributed by atoms with Gasteiger partial charge in [0.25, 0.3) is 5.91 Å². The molecule has 0 radical (unpaired) electrons. The molecule has 7 heteroatoms. The van der Waals surface area contributed by atoms with Gasteiger partial charge in [0.1, 0.15) is 11.3 Å². The van der Waals surface area contributed by atoms with Crippen molar-refractivity contribution in [2.24, 2.45) is 0 Å². The van der Waals surface area contributed by atoms with E-state index >= 15 is 0 Å². The number of carbonyl (C=O) groups is 1. The van der Waals surface area contributed by atoms with Crippen molar-refractivity contribution in [3.05, 3.63) is 98.8 Å². The van der Waals surface area contributed by atoms with Gasteiger partial charge in [-0.2, -0.15) is 0 Å². The molecule has 2 N–H and O–H groups in total. The first-order chi connectivity index (χ1) is 15.1. The molecule has 0 fully saturated rings. The number of ether oxygens (including phenoxy) is 1. The van der Waals surface area contributed by atoms with E-state index in [1.165, 1.54) is 7.11 Å². The third-order valence-corrected chi connectivity index (χ3v) is 5.26. The maximum absolute atomic E-state index is 13.0. The molecule has 0 saturated carbocycles. The molecule has 0 bridgehead atoms. The lowest BCUT2D eigenvalue weighted by molar-refractivity contribution is 0.102. The van der Waals surface area contributed by atoms with E-state index < -0.39 is 11.5 Å². The van der Waals surface area contributed by atoms with Gasteiger partial charge in [-0.1, -0.05) is 58.4 Å². The van der Waals surface area contributed by atoms with Crippen LogP contribution in [0.3, 0.4) is 0 Å². The van der Waals surface area contributed by atoms with Crippen LogP contribution < -0.4 is 21.0 Å². The zero-order valence-electron chi connectivity index (χ0n) is 16.6. The second kappa shape index (κ2) is 9.06. The lowest BCUT2D eigenvalue weighted by atomic mass is 10.1. The number of hydrogen-bond acceptors (Lipinski definition) is 5. The summed E-state index contributed by atoms with van der Waals surface area (Å²) in [4.78, 5) is 25.8. The number of halogens is 1. The number of rotatable bonds is 6. The molecule has 0 spiro atoms. The van der Waals surface area contributed by atoms with Crippen LogP contribution in [-0.4, -0.2) is 13.0 Å². The first-order valence-electron chi connectivity index (χ1n) is 9.55. The maximum atomic E-state index is 13.0. The Morgan fingerprint density at radius 1 is 1.00 bits per heavy atom. The number of hydrogen-bond donors (Lipinski definition) is 2. The van der Waals surface area contributed by atoms with Gasteiger partial charge in [0.2, 0.25) is 0 Å². The van der Waals surface area contributed by atoms with E-state index in [1.807, 2.05) is 42.5 Å². The van der Waals surface area contributed by atoms with Gasteiger partial charge in [-0.25, -0.2) is 4.79 Å². The minimum absolute atomic E-state index is 0.0432. The average molecular weight is 479 g/mol. The normalized spacial score (nSPS) is 10.6. The molecule has 0 aliphatic carbocycles. The van der Waals surface area contributed by atoms with Crippen molar-refractivity contribution in [1.29, 1.82) is 0 Å². The van der Waals surface area contributed by atoms with Crippen LogP contribution in [0.5, 0.6) is 5.75 Å². The fraction of sp³-hybridized carbons (Fsp3) is 0.0833. The Morgan fingerprint density at radius 3 is 2.52 bits per heavy atom. The minimum Gasteiger partial charge on any atom is -0.496 e. The highest BCUT2D eigenvalue weighted by Gasteiger charge is 2.20. The summed E-state index contributed by atoms with van der Waals surface area (Å²) in [6, 6.07) is 22.0. The van der Waals surface area contributed by atoms with Crippen LogP contribution in [0.25, 0.3) is 11.0 Å². The fourth-order valence-electron chi connectivity index (χ4n) is 3.27. The van der Waals surface area contributed by atoms with Crippen molar-refractivity contribution >= 4 is 44.2 Å². The molecular weight excluding hydrogens is 460 g/mol. The van der Waals surface area contributed by atoms with Gasteiger partial charge in [0.15, 0.2) is 5.69 Å². The van der Waals surface area contributed by atoms with E-state index in [0.29, 0.717) is 39.0 Å². The first kappa shape index (κ1) is 20.7. The SMILES string of the molecule is COc1ccc(Br)cc1C(=O)Nc1c(NCc2ccccc2)c2ccccc2oc1=O. The molecule has 6 nitrogen and oxygen atoms in total. The molecule has 3 aromatic carbocycles. The highest BCUT2D eigenvalue weighted by atomic mass is 79.9. The number of anilines is 2. The maximum Gasteiger partial charge on any atom is 0.362 e. The molecule has 4 aromatic rings. The number of fused-ring (bicyclic) bond motifs is 1. The van der Waals surface area contributed by atoms with Crippen molar-refractivity contribution in [1.82, 2.24) is 0 Å². The van der Waals surface area contributed by atoms with Crippen molar-refractivity contribution in [2.75, 3.05) is 17.7 Å². The van der Waals surface area contributed by atoms with Gasteiger partial charge in [0.05, 0.1) is 18.4 Å². The summed E-state index contributed by atoms with van der Waals surface area (Å²) in [7, 11) is 1.48. The van der Waals surface area contributed by atoms with Crippen molar-refractivity contribution < 1.29 is 13.9 Å². The van der Waals surface area contributed by atoms with Crippen LogP contribution in [0, 0.1) is 0 Å². The summed E-state index contributed by atoms with van der Waals surface area (Å²) in [6.07, 6.45) is 0. The predicted molar refractivity (Wildman–Crippen MR) is 125 cm³/mol. The van der Waals surface area contributed by atoms with Gasteiger partial charge in [-0.3, -0.25) is 4.79 Å². The molecule has 0 aliphatic heterocycles. The number of amides is 1. The third kappa shape index (κ3) is 4.46. The molecule has 1 amide bonds. The van der Waals surface area contributed by atoms with Gasteiger partial charge in [-0.15, -0.1) is 0 Å². The number of para-hydroxylation sites is 1. The summed E-state index contributed by atoms with van der Waals surface area (Å²) in [6.45, 7) is 0.470. The standard InChI is InChI=1S/C24H19BrN2O4/c1-30-19-12-11-16(25)13-18(19)23(28)27-22-21(26-14-15-7-3-2-4-8-15)17-9-5-6-10-20(17)31-24(22)29/h2-13,26H,14H2,1H3,(H,27,28). The Bertz CT molecular complexity index is 1300. The quantitative estimate of drug-likeness (QED) is 0.361. The topological polar surface area (TPSA) is 80.6 Å². The van der Waals surface area contributed by atoms with Crippen LogP contribution >= 0.6 is 15.9 Å². The van der Waals surface area contributed by atoms with Crippen LogP contribution in [0.2, 0.25) is 0 Å². The van der Waals surface area contributed by atoms with Gasteiger partial charge < -0.3 is 19.8 Å². The minimum atomic E-state index is -0.642. The molecule has 0 atom stereocenters. The molecule has 0 aliphatic rings. The predicted octanol–water partition coefficient (Wildman–Crippen LogP) is 5.43. The molecule has 0 unspecified atom stereocenters. The zero-order valence-corrected chi connectivity index (χ0v) is 18.2. The second-order valence-electron chi connectivity index (χ2n) is 6.77. The number of benzene rings is 3. The smallest absolute Gasteiger partial charge is 0.362 e. The summed E-state index contributed by atoms with van der Waals surface area (Å²) >= 11 is 3.36. The third-order valence-electron chi connectivity index (χ3n) is 4.77. The Morgan fingerprint density at radius 2 is 1.74 bits per heavy atom. The molecule has 31 heavy (non-hydrogen) atoms. The van der Waals surface area contributed by atoms with Crippen LogP contribution in [0.15, 0.2) is 86.5 Å². The Kier molecular flexibility index (Phi) is 6.04. The van der Waals surface area contributed by atoms with Crippen molar-refractivity contribution in [3.63, 3.8) is 0 Å². The van der Waals surface area contributed by atoms with Crippen LogP contribution in [0.1, 0.15) is 15.9 Å². The average Bonchev–Trinajstić information content (AvgIpc) is 2.79. The monoisotopic (exact) mass is 478 g/mol. The largest absolute Gasteiger partial charge is 0.496 e. The van der Waals surface area contributed by atoms with Crippen molar-refractivity contribution in [2.45, 2.75) is 6.54 Å². The molecule has 1 heterocycles. The lowest BCUT2D eigenvalue weighted by Crippen LogP contribution is -2.21. The van der Waals surface area contributed by atoms with Gasteiger partial charge >= 0.3 is 5.63 Å². The summed E-state index contributed by atoms with van der Waals surface area (Å²) in [5.74, 6) is -0.0897. The van der Waals surface area contributed by atoms with E-state index in [2.05, 4.69) is 26.6 Å². The number of nitrogens with one attached hydrogen (secondary N) is 2. The molecule has 1 aromatic heterocycles. The molecule has 0 saturated heterocycles. The molecule has 156 valence electrons. The van der Waals surface area contributed by atoms with E-state index in [4.69, 9.17) is 9.15 Å². The summed E-state index contributed by atoms with van der Waals surface area (Å²) < 4.78 is 11.5. The van der Waals surface area contributed by atoms with E-state index in [0.717, 1.165) is 5.56 Å². The van der Waals surface area contributed by atoms with Gasteiger partial charge in [-0.05, 0) is 35.9 Å². The number of carbonyl (C=O) groups excluding carboxylic acids is 1.